The molecule has 0 saturated carbocycles. The molecule has 0 unspecified atom stereocenters. The molecule has 5 nitrogen and oxygen atoms in total. The van der Waals surface area contributed by atoms with Gasteiger partial charge in [0.05, 0.1) is 21.3 Å². The number of nitrogens with zero attached hydrogens (tertiary/aromatic N) is 2. The minimum Gasteiger partial charge on any atom is -0.384 e. The van der Waals surface area contributed by atoms with Crippen LogP contribution in [0.2, 0.25) is 5.02 Å². The van der Waals surface area contributed by atoms with Gasteiger partial charge in [-0.3, -0.25) is 0 Å². The van der Waals surface area contributed by atoms with Gasteiger partial charge in [-0.1, -0.05) is 41.9 Å². The Bertz CT molecular complexity index is 1500. The zero-order valence-corrected chi connectivity index (χ0v) is 20.7. The van der Waals surface area contributed by atoms with Gasteiger partial charge in [0.1, 0.15) is 17.1 Å². The van der Waals surface area contributed by atoms with Crippen molar-refractivity contribution in [2.24, 2.45) is 0 Å². The molecule has 176 valence electrons. The molecule has 1 aromatic heterocycles. The molecule has 0 atom stereocenters. The number of aliphatic hydroxyl groups is 1. The van der Waals surface area contributed by atoms with Crippen molar-refractivity contribution >= 4 is 21.4 Å². The van der Waals surface area contributed by atoms with Gasteiger partial charge in [-0.25, -0.2) is 17.5 Å². The van der Waals surface area contributed by atoms with Crippen molar-refractivity contribution < 1.29 is 17.9 Å². The Balaban J connectivity index is 1.90. The molecular formula is C26H24ClFN2O3S. The summed E-state index contributed by atoms with van der Waals surface area (Å²) in [6, 6.07) is 18.6. The van der Waals surface area contributed by atoms with Crippen molar-refractivity contribution in [3.8, 4) is 28.1 Å². The van der Waals surface area contributed by atoms with Crippen LogP contribution in [-0.2, 0) is 15.4 Å². The molecule has 34 heavy (non-hydrogen) atoms. The van der Waals surface area contributed by atoms with Crippen LogP contribution in [0.5, 0.6) is 0 Å². The summed E-state index contributed by atoms with van der Waals surface area (Å²) in [6.07, 6.45) is 1.17. The van der Waals surface area contributed by atoms with Crippen LogP contribution in [0, 0.1) is 12.7 Å². The number of hydrogen-bond acceptors (Lipinski definition) is 4. The lowest BCUT2D eigenvalue weighted by atomic mass is 10.0. The SMILES string of the molecule is Cc1cc(-c2cccc(S(C)(=O)=O)c2)ccc1-n1nc(C(C)(C)O)c(Cl)c1-c1ccccc1F. The lowest BCUT2D eigenvalue weighted by molar-refractivity contribution is 0.0735. The lowest BCUT2D eigenvalue weighted by Gasteiger charge is -2.14. The largest absolute Gasteiger partial charge is 0.384 e. The molecule has 4 aromatic rings. The zero-order chi connectivity index (χ0) is 24.8. The molecule has 0 bridgehead atoms. The topological polar surface area (TPSA) is 72.2 Å². The van der Waals surface area contributed by atoms with E-state index in [0.29, 0.717) is 11.4 Å². The molecule has 0 saturated heterocycles. The quantitative estimate of drug-likeness (QED) is 0.369. The molecule has 8 heteroatoms. The average Bonchev–Trinajstić information content (AvgIpc) is 3.10. The Morgan fingerprint density at radius 3 is 2.29 bits per heavy atom. The summed E-state index contributed by atoms with van der Waals surface area (Å²) in [5, 5.41) is 15.4. The van der Waals surface area contributed by atoms with E-state index >= 15 is 0 Å². The van der Waals surface area contributed by atoms with Crippen LogP contribution in [-0.4, -0.2) is 29.6 Å². The van der Waals surface area contributed by atoms with Gasteiger partial charge in [0, 0.05) is 11.8 Å². The zero-order valence-electron chi connectivity index (χ0n) is 19.2. The summed E-state index contributed by atoms with van der Waals surface area (Å²) in [5.41, 5.74) is 2.52. The highest BCUT2D eigenvalue weighted by Gasteiger charge is 2.30. The second-order valence-corrected chi connectivity index (χ2v) is 11.2. The molecule has 0 spiro atoms. The highest BCUT2D eigenvalue weighted by atomic mass is 35.5. The summed E-state index contributed by atoms with van der Waals surface area (Å²) in [5.74, 6) is -0.459. The number of rotatable bonds is 5. The first-order valence-corrected chi connectivity index (χ1v) is 12.8. The molecule has 3 aromatic carbocycles. The maximum absolute atomic E-state index is 14.8. The fraction of sp³-hybridized carbons (Fsp3) is 0.192. The predicted octanol–water partition coefficient (Wildman–Crippen LogP) is 5.94. The average molecular weight is 499 g/mol. The van der Waals surface area contributed by atoms with Gasteiger partial charge in [0.15, 0.2) is 9.84 Å². The fourth-order valence-corrected chi connectivity index (χ4v) is 4.95. The van der Waals surface area contributed by atoms with Crippen molar-refractivity contribution in [1.82, 2.24) is 9.78 Å². The third-order valence-corrected chi connectivity index (χ3v) is 7.02. The van der Waals surface area contributed by atoms with E-state index in [2.05, 4.69) is 5.10 Å². The number of aryl methyl sites for hydroxylation is 1. The Labute approximate surface area is 203 Å². The highest BCUT2D eigenvalue weighted by molar-refractivity contribution is 7.90. The van der Waals surface area contributed by atoms with Crippen molar-refractivity contribution in [2.45, 2.75) is 31.3 Å². The molecule has 1 N–H and O–H groups in total. The van der Waals surface area contributed by atoms with Crippen molar-refractivity contribution in [3.05, 3.63) is 88.8 Å². The van der Waals surface area contributed by atoms with E-state index in [1.54, 1.807) is 54.9 Å². The van der Waals surface area contributed by atoms with E-state index in [1.807, 2.05) is 31.2 Å². The summed E-state index contributed by atoms with van der Waals surface area (Å²) in [4.78, 5) is 0.238. The normalized spacial score (nSPS) is 12.2. The fourth-order valence-electron chi connectivity index (χ4n) is 3.83. The van der Waals surface area contributed by atoms with Crippen molar-refractivity contribution in [3.63, 3.8) is 0 Å². The van der Waals surface area contributed by atoms with Gasteiger partial charge < -0.3 is 5.11 Å². The minimum atomic E-state index is -3.34. The molecule has 4 rings (SSSR count). The van der Waals surface area contributed by atoms with Crippen LogP contribution in [0.15, 0.2) is 71.6 Å². The van der Waals surface area contributed by atoms with Crippen LogP contribution in [0.1, 0.15) is 25.1 Å². The van der Waals surface area contributed by atoms with Crippen LogP contribution in [0.25, 0.3) is 28.1 Å². The van der Waals surface area contributed by atoms with Crippen molar-refractivity contribution in [1.29, 1.82) is 0 Å². The second-order valence-electron chi connectivity index (χ2n) is 8.76. The van der Waals surface area contributed by atoms with Gasteiger partial charge in [-0.15, -0.1) is 0 Å². The lowest BCUT2D eigenvalue weighted by Crippen LogP contribution is -2.17. The standard InChI is InChI=1S/C26H24ClFN2O3S/c1-16-14-18(17-8-7-9-19(15-17)34(4,32)33)12-13-22(16)30-24(20-10-5-6-11-21(20)28)23(27)25(29-30)26(2,3)31/h5-15,31H,1-4H3. The second kappa shape index (κ2) is 8.65. The Morgan fingerprint density at radius 2 is 1.68 bits per heavy atom. The molecule has 0 aliphatic carbocycles. The van der Waals surface area contributed by atoms with Crippen molar-refractivity contribution in [2.75, 3.05) is 6.26 Å². The number of sulfone groups is 1. The minimum absolute atomic E-state index is 0.168. The smallest absolute Gasteiger partial charge is 0.175 e. The first-order chi connectivity index (χ1) is 15.9. The Kier molecular flexibility index (Phi) is 6.14. The van der Waals surface area contributed by atoms with Crippen LogP contribution in [0.3, 0.4) is 0 Å². The number of hydrogen-bond donors (Lipinski definition) is 1. The number of halogens is 2. The predicted molar refractivity (Wildman–Crippen MR) is 132 cm³/mol. The van der Waals surface area contributed by atoms with Crippen LogP contribution in [0.4, 0.5) is 4.39 Å². The maximum Gasteiger partial charge on any atom is 0.175 e. The van der Waals surface area contributed by atoms with Gasteiger partial charge in [-0.2, -0.15) is 5.10 Å². The van der Waals surface area contributed by atoms with E-state index < -0.39 is 21.3 Å². The summed E-state index contributed by atoms with van der Waals surface area (Å²) in [6.45, 7) is 5.02. The molecule has 0 aliphatic rings. The van der Waals surface area contributed by atoms with E-state index in [9.17, 15) is 17.9 Å². The monoisotopic (exact) mass is 498 g/mol. The van der Waals surface area contributed by atoms with Gasteiger partial charge in [0.2, 0.25) is 0 Å². The molecule has 0 fully saturated rings. The third kappa shape index (κ3) is 4.51. The first kappa shape index (κ1) is 24.1. The summed E-state index contributed by atoms with van der Waals surface area (Å²) >= 11 is 6.64. The van der Waals surface area contributed by atoms with Gasteiger partial charge >= 0.3 is 0 Å². The molecule has 0 aliphatic heterocycles. The first-order valence-electron chi connectivity index (χ1n) is 10.6. The Morgan fingerprint density at radius 1 is 1.00 bits per heavy atom. The Hall–Kier alpha value is -3.00. The van der Waals surface area contributed by atoms with Gasteiger partial charge in [0.25, 0.3) is 0 Å². The molecular weight excluding hydrogens is 475 g/mol. The van der Waals surface area contributed by atoms with E-state index in [0.717, 1.165) is 16.7 Å². The highest BCUT2D eigenvalue weighted by Crippen LogP contribution is 2.39. The van der Waals surface area contributed by atoms with Crippen LogP contribution >= 0.6 is 11.6 Å². The molecule has 0 radical (unpaired) electrons. The number of benzene rings is 3. The van der Waals surface area contributed by atoms with Gasteiger partial charge in [-0.05, 0) is 73.9 Å². The van der Waals surface area contributed by atoms with E-state index in [-0.39, 0.29) is 21.2 Å². The summed E-state index contributed by atoms with van der Waals surface area (Å²) in [7, 11) is -3.34. The van der Waals surface area contributed by atoms with E-state index in [4.69, 9.17) is 11.6 Å². The third-order valence-electron chi connectivity index (χ3n) is 5.56. The molecule has 0 amide bonds. The summed E-state index contributed by atoms with van der Waals surface area (Å²) < 4.78 is 40.2. The molecule has 1 heterocycles. The van der Waals surface area contributed by atoms with Crippen LogP contribution < -0.4 is 0 Å². The maximum atomic E-state index is 14.8. The van der Waals surface area contributed by atoms with E-state index in [1.165, 1.54) is 12.3 Å². The number of aromatic nitrogens is 2.